The van der Waals surface area contributed by atoms with Crippen molar-refractivity contribution in [2.45, 2.75) is 13.0 Å². The number of nitrogens with zero attached hydrogens (tertiary/aromatic N) is 1. The van der Waals surface area contributed by atoms with Crippen LogP contribution in [-0.2, 0) is 4.79 Å². The number of ether oxygens (including phenoxy) is 2. The van der Waals surface area contributed by atoms with Crippen LogP contribution in [0.1, 0.15) is 22.8 Å². The van der Waals surface area contributed by atoms with Gasteiger partial charge in [0.05, 0.1) is 4.92 Å². The summed E-state index contributed by atoms with van der Waals surface area (Å²) in [5.74, 6) is -0.648. The van der Waals surface area contributed by atoms with E-state index in [-0.39, 0.29) is 23.0 Å². The van der Waals surface area contributed by atoms with Crippen LogP contribution in [0.25, 0.3) is 0 Å². The molecule has 146 valence electrons. The van der Waals surface area contributed by atoms with Gasteiger partial charge in [0.1, 0.15) is 5.75 Å². The number of para-hydroxylation sites is 2. The molecule has 0 amide bonds. The topological polar surface area (TPSA) is 95.7 Å². The molecule has 0 aliphatic rings. The van der Waals surface area contributed by atoms with Crippen molar-refractivity contribution in [3.8, 4) is 11.5 Å². The zero-order valence-corrected chi connectivity index (χ0v) is 15.5. The molecule has 3 aromatic carbocycles. The maximum Gasteiger partial charge on any atom is 0.352 e. The summed E-state index contributed by atoms with van der Waals surface area (Å²) < 4.78 is 10.6. The second kappa shape index (κ2) is 8.79. The summed E-state index contributed by atoms with van der Waals surface area (Å²) in [6, 6.07) is 20.7. The van der Waals surface area contributed by atoms with Crippen LogP contribution >= 0.6 is 0 Å². The van der Waals surface area contributed by atoms with Crippen molar-refractivity contribution >= 4 is 17.4 Å². The summed E-state index contributed by atoms with van der Waals surface area (Å²) in [6.07, 6.45) is -1.07. The zero-order valence-electron chi connectivity index (χ0n) is 15.5. The highest BCUT2D eigenvalue weighted by Gasteiger charge is 2.22. The molecular weight excluding hydrogens is 374 g/mol. The number of hydrogen-bond acceptors (Lipinski definition) is 6. The summed E-state index contributed by atoms with van der Waals surface area (Å²) >= 11 is 0. The quantitative estimate of drug-likeness (QED) is 0.197. The molecule has 0 radical (unpaired) electrons. The van der Waals surface area contributed by atoms with Gasteiger partial charge in [-0.1, -0.05) is 42.5 Å². The lowest BCUT2D eigenvalue weighted by molar-refractivity contribution is -0.386. The minimum Gasteiger partial charge on any atom is -0.472 e. The van der Waals surface area contributed by atoms with E-state index in [1.807, 2.05) is 6.07 Å². The van der Waals surface area contributed by atoms with Crippen molar-refractivity contribution in [1.29, 1.82) is 0 Å². The number of nitro benzene ring substituents is 1. The van der Waals surface area contributed by atoms with Crippen molar-refractivity contribution in [3.05, 3.63) is 100 Å². The predicted molar refractivity (Wildman–Crippen MR) is 105 cm³/mol. The number of ketones is 1. The maximum atomic E-state index is 12.4. The molecule has 0 aromatic heterocycles. The van der Waals surface area contributed by atoms with Gasteiger partial charge in [0.2, 0.25) is 0 Å². The van der Waals surface area contributed by atoms with E-state index in [1.54, 1.807) is 42.5 Å². The summed E-state index contributed by atoms with van der Waals surface area (Å²) in [5.41, 5.74) is 0.778. The number of carbonyl (C=O) groups is 2. The number of benzene rings is 3. The summed E-state index contributed by atoms with van der Waals surface area (Å²) in [7, 11) is 0. The van der Waals surface area contributed by atoms with E-state index in [0.717, 1.165) is 0 Å². The molecule has 1 unspecified atom stereocenters. The van der Waals surface area contributed by atoms with E-state index >= 15 is 0 Å². The van der Waals surface area contributed by atoms with Crippen LogP contribution in [0.2, 0.25) is 0 Å². The lowest BCUT2D eigenvalue weighted by atomic mass is 10.0. The SMILES string of the molecule is CC(Oc1ccccc1[N+](=O)[O-])C(=O)Oc1ccc(C(=O)c2ccccc2)cc1. The standard InChI is InChI=1S/C22H17NO6/c1-15(28-20-10-6-5-9-19(20)23(26)27)22(25)29-18-13-11-17(12-14-18)21(24)16-7-3-2-4-8-16/h2-15H,1H3. The lowest BCUT2D eigenvalue weighted by Gasteiger charge is -2.14. The van der Waals surface area contributed by atoms with Gasteiger partial charge in [-0.05, 0) is 37.3 Å². The van der Waals surface area contributed by atoms with Gasteiger partial charge in [0.15, 0.2) is 17.6 Å². The molecule has 0 N–H and O–H groups in total. The molecule has 0 bridgehead atoms. The van der Waals surface area contributed by atoms with Gasteiger partial charge in [0, 0.05) is 17.2 Å². The van der Waals surface area contributed by atoms with Gasteiger partial charge in [0.25, 0.3) is 0 Å². The van der Waals surface area contributed by atoms with Crippen LogP contribution in [0.3, 0.4) is 0 Å². The van der Waals surface area contributed by atoms with Crippen LogP contribution in [0.4, 0.5) is 5.69 Å². The molecule has 7 heteroatoms. The molecule has 0 heterocycles. The normalized spacial score (nSPS) is 11.3. The predicted octanol–water partition coefficient (Wildman–Crippen LogP) is 4.20. The van der Waals surface area contributed by atoms with E-state index in [1.165, 1.54) is 37.3 Å². The third-order valence-electron chi connectivity index (χ3n) is 4.07. The highest BCUT2D eigenvalue weighted by atomic mass is 16.6. The first kappa shape index (κ1) is 19.8. The average molecular weight is 391 g/mol. The smallest absolute Gasteiger partial charge is 0.352 e. The second-order valence-electron chi connectivity index (χ2n) is 6.13. The van der Waals surface area contributed by atoms with Gasteiger partial charge < -0.3 is 9.47 Å². The van der Waals surface area contributed by atoms with Crippen molar-refractivity contribution in [1.82, 2.24) is 0 Å². The van der Waals surface area contributed by atoms with Crippen molar-refractivity contribution < 1.29 is 24.0 Å². The molecule has 3 rings (SSSR count). The second-order valence-corrected chi connectivity index (χ2v) is 6.13. The Hall–Kier alpha value is -4.00. The Morgan fingerprint density at radius 1 is 0.862 bits per heavy atom. The van der Waals surface area contributed by atoms with E-state index in [2.05, 4.69) is 0 Å². The van der Waals surface area contributed by atoms with Gasteiger partial charge in [-0.3, -0.25) is 14.9 Å². The molecule has 0 saturated carbocycles. The zero-order chi connectivity index (χ0) is 20.8. The Balaban J connectivity index is 1.65. The van der Waals surface area contributed by atoms with Gasteiger partial charge in [-0.25, -0.2) is 4.79 Å². The molecule has 0 aliphatic heterocycles. The highest BCUT2D eigenvalue weighted by Crippen LogP contribution is 2.27. The van der Waals surface area contributed by atoms with Crippen molar-refractivity contribution in [3.63, 3.8) is 0 Å². The monoisotopic (exact) mass is 391 g/mol. The average Bonchev–Trinajstić information content (AvgIpc) is 2.74. The molecule has 0 aliphatic carbocycles. The molecular formula is C22H17NO6. The Bertz CT molecular complexity index is 1030. The molecule has 29 heavy (non-hydrogen) atoms. The van der Waals surface area contributed by atoms with E-state index in [0.29, 0.717) is 11.1 Å². The molecule has 3 aromatic rings. The Labute approximate surface area is 166 Å². The molecule has 0 spiro atoms. The first-order valence-corrected chi connectivity index (χ1v) is 8.77. The van der Waals surface area contributed by atoms with Gasteiger partial charge in [-0.2, -0.15) is 0 Å². The van der Waals surface area contributed by atoms with E-state index in [4.69, 9.17) is 9.47 Å². The molecule has 0 saturated heterocycles. The third-order valence-corrected chi connectivity index (χ3v) is 4.07. The summed E-state index contributed by atoms with van der Waals surface area (Å²) in [5, 5.41) is 11.0. The highest BCUT2D eigenvalue weighted by molar-refractivity contribution is 6.09. The number of esters is 1. The Morgan fingerprint density at radius 2 is 1.45 bits per heavy atom. The van der Waals surface area contributed by atoms with E-state index < -0.39 is 17.0 Å². The largest absolute Gasteiger partial charge is 0.472 e. The number of hydrogen-bond donors (Lipinski definition) is 0. The maximum absolute atomic E-state index is 12.4. The molecule has 7 nitrogen and oxygen atoms in total. The van der Waals surface area contributed by atoms with E-state index in [9.17, 15) is 19.7 Å². The first-order chi connectivity index (χ1) is 14.0. The van der Waals surface area contributed by atoms with Crippen LogP contribution in [-0.4, -0.2) is 22.8 Å². The molecule has 1 atom stereocenters. The Kier molecular flexibility index (Phi) is 5.99. The number of rotatable bonds is 7. The van der Waals surface area contributed by atoms with Gasteiger partial charge >= 0.3 is 11.7 Å². The van der Waals surface area contributed by atoms with Crippen LogP contribution in [0, 0.1) is 10.1 Å². The fourth-order valence-corrected chi connectivity index (χ4v) is 2.58. The van der Waals surface area contributed by atoms with Gasteiger partial charge in [-0.15, -0.1) is 0 Å². The fourth-order valence-electron chi connectivity index (χ4n) is 2.58. The lowest BCUT2D eigenvalue weighted by Crippen LogP contribution is -2.28. The number of carbonyl (C=O) groups excluding carboxylic acids is 2. The Morgan fingerprint density at radius 3 is 2.10 bits per heavy atom. The van der Waals surface area contributed by atoms with Crippen molar-refractivity contribution in [2.75, 3.05) is 0 Å². The molecule has 0 fully saturated rings. The number of nitro groups is 1. The third kappa shape index (κ3) is 4.84. The minimum atomic E-state index is -1.07. The minimum absolute atomic E-state index is 0.0224. The summed E-state index contributed by atoms with van der Waals surface area (Å²) in [6.45, 7) is 1.44. The van der Waals surface area contributed by atoms with Crippen LogP contribution < -0.4 is 9.47 Å². The fraction of sp³-hybridized carbons (Fsp3) is 0.0909. The first-order valence-electron chi connectivity index (χ1n) is 8.77. The van der Waals surface area contributed by atoms with Crippen molar-refractivity contribution in [2.24, 2.45) is 0 Å². The van der Waals surface area contributed by atoms with Crippen LogP contribution in [0.15, 0.2) is 78.9 Å². The summed E-state index contributed by atoms with van der Waals surface area (Å²) in [4.78, 5) is 35.1. The van der Waals surface area contributed by atoms with Crippen LogP contribution in [0.5, 0.6) is 11.5 Å².